The van der Waals surface area contributed by atoms with Crippen molar-refractivity contribution >= 4 is 23.0 Å². The van der Waals surface area contributed by atoms with Crippen molar-refractivity contribution in [1.82, 2.24) is 25.1 Å². The lowest BCUT2D eigenvalue weighted by Crippen LogP contribution is -2.34. The number of alkyl carbamates (subject to hydrolysis) is 1. The van der Waals surface area contributed by atoms with E-state index in [0.29, 0.717) is 11.4 Å². The van der Waals surface area contributed by atoms with Crippen molar-refractivity contribution in [2.24, 2.45) is 0 Å². The van der Waals surface area contributed by atoms with Crippen LogP contribution in [0.15, 0.2) is 60.9 Å². The zero-order valence-electron chi connectivity index (χ0n) is 19.1. The summed E-state index contributed by atoms with van der Waals surface area (Å²) in [6.07, 6.45) is 2.85. The summed E-state index contributed by atoms with van der Waals surface area (Å²) in [4.78, 5) is 32.6. The molecule has 9 nitrogen and oxygen atoms in total. The molecule has 1 amide bonds. The van der Waals surface area contributed by atoms with Crippen molar-refractivity contribution < 1.29 is 19.4 Å². The Kier molecular flexibility index (Phi) is 6.27. The molecule has 3 heterocycles. The Morgan fingerprint density at radius 2 is 1.82 bits per heavy atom. The Morgan fingerprint density at radius 1 is 1.03 bits per heavy atom. The van der Waals surface area contributed by atoms with Crippen molar-refractivity contribution in [2.45, 2.75) is 32.9 Å². The number of rotatable bonds is 6. The first-order valence-electron chi connectivity index (χ1n) is 10.8. The third kappa shape index (κ3) is 5.37. The fourth-order valence-electron chi connectivity index (χ4n) is 3.44. The first-order chi connectivity index (χ1) is 16.2. The van der Waals surface area contributed by atoms with E-state index in [1.54, 1.807) is 39.2 Å². The first kappa shape index (κ1) is 22.9. The second kappa shape index (κ2) is 9.30. The molecule has 1 aromatic carbocycles. The van der Waals surface area contributed by atoms with E-state index in [9.17, 15) is 14.7 Å². The van der Waals surface area contributed by atoms with Gasteiger partial charge in [0.05, 0.1) is 23.4 Å². The summed E-state index contributed by atoms with van der Waals surface area (Å²) in [5.74, 6) is -1.11. The van der Waals surface area contributed by atoms with Crippen LogP contribution in [-0.4, -0.2) is 49.1 Å². The first-order valence-corrected chi connectivity index (χ1v) is 10.8. The van der Waals surface area contributed by atoms with Crippen LogP contribution < -0.4 is 5.32 Å². The molecular weight excluding hydrogens is 434 g/mol. The fraction of sp³-hybridized carbons (Fsp3) is 0.240. The van der Waals surface area contributed by atoms with Crippen LogP contribution in [0.4, 0.5) is 4.79 Å². The number of pyridine rings is 2. The number of benzene rings is 1. The SMILES string of the molecule is CC(C)(C)OC(=O)NCCn1nc(-c2ccnc(-c3cnc4ccccc4c3)c2)cc1C(=O)O. The van der Waals surface area contributed by atoms with Gasteiger partial charge < -0.3 is 15.2 Å². The minimum Gasteiger partial charge on any atom is -0.477 e. The number of fused-ring (bicyclic) bond motifs is 1. The third-order valence-corrected chi connectivity index (χ3v) is 4.93. The Morgan fingerprint density at radius 3 is 2.59 bits per heavy atom. The number of aromatic nitrogens is 4. The molecule has 0 aliphatic heterocycles. The van der Waals surface area contributed by atoms with E-state index in [0.717, 1.165) is 22.0 Å². The van der Waals surface area contributed by atoms with Gasteiger partial charge in [-0.1, -0.05) is 18.2 Å². The smallest absolute Gasteiger partial charge is 0.407 e. The number of ether oxygens (including phenoxy) is 1. The number of hydrogen-bond donors (Lipinski definition) is 2. The monoisotopic (exact) mass is 459 g/mol. The van der Waals surface area contributed by atoms with Gasteiger partial charge in [0.15, 0.2) is 0 Å². The van der Waals surface area contributed by atoms with Crippen LogP contribution in [0.5, 0.6) is 0 Å². The van der Waals surface area contributed by atoms with Crippen LogP contribution >= 0.6 is 0 Å². The summed E-state index contributed by atoms with van der Waals surface area (Å²) in [6.45, 7) is 5.65. The van der Waals surface area contributed by atoms with Crippen molar-refractivity contribution in [1.29, 1.82) is 0 Å². The predicted molar refractivity (Wildman–Crippen MR) is 127 cm³/mol. The molecule has 0 bridgehead atoms. The minimum absolute atomic E-state index is 0.0201. The molecule has 0 atom stereocenters. The zero-order valence-corrected chi connectivity index (χ0v) is 19.1. The molecule has 3 aromatic heterocycles. The molecule has 34 heavy (non-hydrogen) atoms. The van der Waals surface area contributed by atoms with E-state index in [1.807, 2.05) is 36.4 Å². The quantitative estimate of drug-likeness (QED) is 0.439. The molecule has 0 saturated carbocycles. The van der Waals surface area contributed by atoms with E-state index in [1.165, 1.54) is 10.7 Å². The van der Waals surface area contributed by atoms with Crippen LogP contribution in [0, 0.1) is 0 Å². The maximum absolute atomic E-state index is 11.9. The molecule has 0 aliphatic carbocycles. The molecule has 0 spiro atoms. The Bertz CT molecular complexity index is 1360. The highest BCUT2D eigenvalue weighted by Gasteiger charge is 2.18. The summed E-state index contributed by atoms with van der Waals surface area (Å²) in [6, 6.07) is 15.0. The fourth-order valence-corrected chi connectivity index (χ4v) is 3.44. The standard InChI is InChI=1S/C25H25N5O4/c1-25(2,3)34-24(33)27-10-11-30-22(23(31)32)14-21(29-30)17-8-9-26-20(13-17)18-12-16-6-4-5-7-19(16)28-15-18/h4-9,12-15H,10-11H2,1-3H3,(H,27,33)(H,31,32). The largest absolute Gasteiger partial charge is 0.477 e. The van der Waals surface area contributed by atoms with Crippen molar-refractivity contribution in [3.8, 4) is 22.5 Å². The van der Waals surface area contributed by atoms with Gasteiger partial charge in [-0.05, 0) is 51.1 Å². The molecule has 2 N–H and O–H groups in total. The number of carbonyl (C=O) groups is 2. The van der Waals surface area contributed by atoms with E-state index < -0.39 is 17.7 Å². The highest BCUT2D eigenvalue weighted by molar-refractivity contribution is 5.88. The highest BCUT2D eigenvalue weighted by Crippen LogP contribution is 2.26. The van der Waals surface area contributed by atoms with Crippen LogP contribution in [0.1, 0.15) is 31.3 Å². The van der Waals surface area contributed by atoms with E-state index in [-0.39, 0.29) is 18.8 Å². The number of carboxylic acids is 1. The topological polar surface area (TPSA) is 119 Å². The molecule has 0 saturated heterocycles. The van der Waals surface area contributed by atoms with Gasteiger partial charge in [-0.15, -0.1) is 0 Å². The zero-order chi connectivity index (χ0) is 24.3. The molecule has 4 aromatic rings. The molecule has 4 rings (SSSR count). The number of para-hydroxylation sites is 1. The van der Waals surface area contributed by atoms with Gasteiger partial charge in [0.2, 0.25) is 0 Å². The maximum Gasteiger partial charge on any atom is 0.407 e. The normalized spacial score (nSPS) is 11.4. The minimum atomic E-state index is -1.11. The molecule has 9 heteroatoms. The van der Waals surface area contributed by atoms with Crippen LogP contribution in [-0.2, 0) is 11.3 Å². The number of carbonyl (C=O) groups excluding carboxylic acids is 1. The predicted octanol–water partition coefficient (Wildman–Crippen LogP) is 4.38. The van der Waals surface area contributed by atoms with Crippen LogP contribution in [0.25, 0.3) is 33.4 Å². The number of carboxylic acid groups (broad SMARTS) is 1. The summed E-state index contributed by atoms with van der Waals surface area (Å²) >= 11 is 0. The Balaban J connectivity index is 1.56. The average Bonchev–Trinajstić information content (AvgIpc) is 3.22. The van der Waals surface area contributed by atoms with Crippen molar-refractivity contribution in [3.05, 3.63) is 66.6 Å². The summed E-state index contributed by atoms with van der Waals surface area (Å²) in [7, 11) is 0. The number of hydrogen-bond acceptors (Lipinski definition) is 6. The van der Waals surface area contributed by atoms with E-state index in [4.69, 9.17) is 4.74 Å². The Hall–Kier alpha value is -4.27. The van der Waals surface area contributed by atoms with E-state index >= 15 is 0 Å². The second-order valence-corrected chi connectivity index (χ2v) is 8.72. The maximum atomic E-state index is 11.9. The lowest BCUT2D eigenvalue weighted by atomic mass is 10.1. The van der Waals surface area contributed by atoms with Gasteiger partial charge >= 0.3 is 12.1 Å². The average molecular weight is 460 g/mol. The van der Waals surface area contributed by atoms with E-state index in [2.05, 4.69) is 20.4 Å². The molecular formula is C25H25N5O4. The second-order valence-electron chi connectivity index (χ2n) is 8.72. The van der Waals surface area contributed by atoms with Gasteiger partial charge in [0.25, 0.3) is 0 Å². The highest BCUT2D eigenvalue weighted by atomic mass is 16.6. The molecule has 0 aliphatic rings. The molecule has 0 radical (unpaired) electrons. The number of nitrogens with zero attached hydrogens (tertiary/aromatic N) is 4. The molecule has 0 fully saturated rings. The summed E-state index contributed by atoms with van der Waals surface area (Å²) in [5.41, 5.74) is 3.06. The van der Waals surface area contributed by atoms with Gasteiger partial charge in [-0.3, -0.25) is 14.6 Å². The van der Waals surface area contributed by atoms with Gasteiger partial charge in [0, 0.05) is 35.5 Å². The van der Waals surface area contributed by atoms with Gasteiger partial charge in [-0.2, -0.15) is 5.10 Å². The number of aromatic carboxylic acids is 1. The molecule has 0 unspecified atom stereocenters. The van der Waals surface area contributed by atoms with Gasteiger partial charge in [0.1, 0.15) is 11.3 Å². The summed E-state index contributed by atoms with van der Waals surface area (Å²) < 4.78 is 6.56. The number of amides is 1. The lowest BCUT2D eigenvalue weighted by molar-refractivity contribution is 0.0525. The van der Waals surface area contributed by atoms with Crippen molar-refractivity contribution in [3.63, 3.8) is 0 Å². The third-order valence-electron chi connectivity index (χ3n) is 4.93. The Labute approximate surface area is 196 Å². The lowest BCUT2D eigenvalue weighted by Gasteiger charge is -2.19. The van der Waals surface area contributed by atoms with Crippen molar-refractivity contribution in [2.75, 3.05) is 6.54 Å². The van der Waals surface area contributed by atoms with Crippen LogP contribution in [0.2, 0.25) is 0 Å². The molecule has 174 valence electrons. The number of nitrogens with one attached hydrogen (secondary N) is 1. The van der Waals surface area contributed by atoms with Crippen LogP contribution in [0.3, 0.4) is 0 Å². The van der Waals surface area contributed by atoms with Gasteiger partial charge in [-0.25, -0.2) is 9.59 Å². The summed E-state index contributed by atoms with van der Waals surface area (Å²) in [5, 5.41) is 17.7.